The summed E-state index contributed by atoms with van der Waals surface area (Å²) in [4.78, 5) is 3.49. The van der Waals surface area contributed by atoms with E-state index in [0.717, 1.165) is 34.2 Å². The molecule has 2 unspecified atom stereocenters. The monoisotopic (exact) mass is 307 g/mol. The number of ether oxygens (including phenoxy) is 1. The Morgan fingerprint density at radius 3 is 2.96 bits per heavy atom. The molecule has 3 aromatic rings. The molecule has 1 heterocycles. The van der Waals surface area contributed by atoms with Crippen LogP contribution in [0.1, 0.15) is 34.7 Å². The van der Waals surface area contributed by atoms with Crippen molar-refractivity contribution >= 4 is 10.9 Å². The van der Waals surface area contributed by atoms with Gasteiger partial charge in [0.1, 0.15) is 17.1 Å². The van der Waals surface area contributed by atoms with Gasteiger partial charge in [0.05, 0.1) is 7.11 Å². The second kappa shape index (κ2) is 4.09. The van der Waals surface area contributed by atoms with Crippen molar-refractivity contribution in [2.45, 2.75) is 24.4 Å². The van der Waals surface area contributed by atoms with E-state index in [-0.39, 0.29) is 11.7 Å². The number of aliphatic hydroxyl groups is 1. The standard InChI is InChI=1S/C19H17NO3/c1-23-10-5-6-13-12(9-10)16-14(20-13)7-8-19(22)17-11(18(16)19)3-2-4-15(17)21/h2-6,9,18,20-22H,7-8H2,1H3. The van der Waals surface area contributed by atoms with E-state index >= 15 is 0 Å². The fraction of sp³-hybridized carbons (Fsp3) is 0.263. The number of aromatic amines is 1. The number of hydrogen-bond donors (Lipinski definition) is 3. The van der Waals surface area contributed by atoms with Crippen LogP contribution in [0.3, 0.4) is 0 Å². The molecule has 0 radical (unpaired) electrons. The molecule has 0 amide bonds. The third kappa shape index (κ3) is 1.44. The van der Waals surface area contributed by atoms with Crippen molar-refractivity contribution in [2.24, 2.45) is 0 Å². The number of H-pyrrole nitrogens is 1. The van der Waals surface area contributed by atoms with E-state index in [1.807, 2.05) is 30.3 Å². The molecule has 0 bridgehead atoms. The van der Waals surface area contributed by atoms with E-state index in [1.54, 1.807) is 13.2 Å². The minimum atomic E-state index is -0.966. The number of fused-ring (bicyclic) bond motifs is 8. The molecule has 0 aliphatic heterocycles. The molecule has 2 aliphatic carbocycles. The predicted molar refractivity (Wildman–Crippen MR) is 87.0 cm³/mol. The van der Waals surface area contributed by atoms with Crippen molar-refractivity contribution < 1.29 is 14.9 Å². The Morgan fingerprint density at radius 1 is 1.26 bits per heavy atom. The topological polar surface area (TPSA) is 65.5 Å². The van der Waals surface area contributed by atoms with E-state index in [2.05, 4.69) is 4.98 Å². The maximum atomic E-state index is 11.2. The van der Waals surface area contributed by atoms with Crippen LogP contribution in [-0.4, -0.2) is 22.3 Å². The van der Waals surface area contributed by atoms with Crippen molar-refractivity contribution in [1.82, 2.24) is 4.98 Å². The van der Waals surface area contributed by atoms with Gasteiger partial charge in [0, 0.05) is 28.1 Å². The Kier molecular flexibility index (Phi) is 2.31. The number of aromatic hydroxyl groups is 1. The first-order chi connectivity index (χ1) is 11.1. The number of phenols is 1. The van der Waals surface area contributed by atoms with Crippen LogP contribution >= 0.6 is 0 Å². The van der Waals surface area contributed by atoms with Crippen molar-refractivity contribution in [3.05, 3.63) is 58.8 Å². The lowest BCUT2D eigenvalue weighted by atomic mass is 9.56. The van der Waals surface area contributed by atoms with Crippen LogP contribution in [0.5, 0.6) is 11.5 Å². The molecule has 2 aromatic carbocycles. The highest BCUT2D eigenvalue weighted by Crippen LogP contribution is 2.62. The predicted octanol–water partition coefficient (Wildman–Crippen LogP) is 3.16. The molecule has 0 fully saturated rings. The molecule has 0 spiro atoms. The normalized spacial score (nSPS) is 24.5. The Bertz CT molecular complexity index is 959. The summed E-state index contributed by atoms with van der Waals surface area (Å²) in [5.41, 5.74) is 4.15. The molecule has 5 rings (SSSR count). The largest absolute Gasteiger partial charge is 0.508 e. The van der Waals surface area contributed by atoms with Crippen molar-refractivity contribution in [2.75, 3.05) is 7.11 Å². The van der Waals surface area contributed by atoms with Crippen LogP contribution in [0.4, 0.5) is 0 Å². The van der Waals surface area contributed by atoms with E-state index in [4.69, 9.17) is 4.74 Å². The van der Waals surface area contributed by atoms with Gasteiger partial charge < -0.3 is 19.9 Å². The van der Waals surface area contributed by atoms with Crippen LogP contribution in [0.25, 0.3) is 10.9 Å². The van der Waals surface area contributed by atoms with Gasteiger partial charge in [-0.05, 0) is 48.2 Å². The third-order valence-electron chi connectivity index (χ3n) is 5.47. The van der Waals surface area contributed by atoms with Crippen LogP contribution in [0, 0.1) is 0 Å². The molecular weight excluding hydrogens is 290 g/mol. The van der Waals surface area contributed by atoms with Crippen molar-refractivity contribution in [3.8, 4) is 11.5 Å². The minimum Gasteiger partial charge on any atom is -0.508 e. The highest BCUT2D eigenvalue weighted by atomic mass is 16.5. The molecular formula is C19H17NO3. The van der Waals surface area contributed by atoms with Gasteiger partial charge in [-0.25, -0.2) is 0 Å². The maximum absolute atomic E-state index is 11.2. The number of phenolic OH excluding ortho intramolecular Hbond substituents is 1. The SMILES string of the molecule is COc1ccc2[nH]c3c(c2c1)C1c2cccc(O)c2C1(O)CC3. The quantitative estimate of drug-likeness (QED) is 0.647. The summed E-state index contributed by atoms with van der Waals surface area (Å²) < 4.78 is 5.36. The third-order valence-corrected chi connectivity index (χ3v) is 5.47. The minimum absolute atomic E-state index is 0.0887. The van der Waals surface area contributed by atoms with E-state index in [9.17, 15) is 10.2 Å². The van der Waals surface area contributed by atoms with E-state index in [1.165, 1.54) is 5.69 Å². The lowest BCUT2D eigenvalue weighted by Gasteiger charge is -2.50. The average molecular weight is 307 g/mol. The van der Waals surface area contributed by atoms with Gasteiger partial charge in [-0.15, -0.1) is 0 Å². The number of aryl methyl sites for hydroxylation is 1. The number of methoxy groups -OCH3 is 1. The lowest BCUT2D eigenvalue weighted by Crippen LogP contribution is -2.47. The Labute approximate surface area is 133 Å². The van der Waals surface area contributed by atoms with Crippen LogP contribution in [0.2, 0.25) is 0 Å². The number of nitrogens with one attached hydrogen (secondary N) is 1. The smallest absolute Gasteiger partial charge is 0.122 e. The van der Waals surface area contributed by atoms with Gasteiger partial charge in [-0.2, -0.15) is 0 Å². The van der Waals surface area contributed by atoms with Gasteiger partial charge in [0.2, 0.25) is 0 Å². The number of rotatable bonds is 1. The van der Waals surface area contributed by atoms with Gasteiger partial charge >= 0.3 is 0 Å². The fourth-order valence-electron chi connectivity index (χ4n) is 4.47. The van der Waals surface area contributed by atoms with E-state index < -0.39 is 5.60 Å². The molecule has 1 aromatic heterocycles. The van der Waals surface area contributed by atoms with Gasteiger partial charge in [0.15, 0.2) is 0 Å². The zero-order chi connectivity index (χ0) is 15.8. The summed E-state index contributed by atoms with van der Waals surface area (Å²) in [6, 6.07) is 11.5. The molecule has 0 saturated heterocycles. The highest BCUT2D eigenvalue weighted by molar-refractivity contribution is 5.89. The summed E-state index contributed by atoms with van der Waals surface area (Å²) in [5, 5.41) is 22.5. The Hall–Kier alpha value is -2.46. The number of hydrogen-bond acceptors (Lipinski definition) is 3. The number of benzene rings is 2. The fourth-order valence-corrected chi connectivity index (χ4v) is 4.47. The highest BCUT2D eigenvalue weighted by Gasteiger charge is 2.56. The summed E-state index contributed by atoms with van der Waals surface area (Å²) in [6.07, 6.45) is 1.40. The molecule has 2 aliphatic rings. The summed E-state index contributed by atoms with van der Waals surface area (Å²) in [7, 11) is 1.66. The Balaban J connectivity index is 1.81. The first kappa shape index (κ1) is 13.0. The summed E-state index contributed by atoms with van der Waals surface area (Å²) in [5.74, 6) is 0.917. The van der Waals surface area contributed by atoms with Crippen LogP contribution in [0.15, 0.2) is 36.4 Å². The first-order valence-electron chi connectivity index (χ1n) is 7.86. The second-order valence-electron chi connectivity index (χ2n) is 6.53. The van der Waals surface area contributed by atoms with Crippen LogP contribution in [-0.2, 0) is 12.0 Å². The van der Waals surface area contributed by atoms with Crippen molar-refractivity contribution in [3.63, 3.8) is 0 Å². The van der Waals surface area contributed by atoms with Crippen LogP contribution < -0.4 is 4.74 Å². The average Bonchev–Trinajstić information content (AvgIpc) is 2.90. The zero-order valence-corrected chi connectivity index (χ0v) is 12.8. The second-order valence-corrected chi connectivity index (χ2v) is 6.53. The van der Waals surface area contributed by atoms with E-state index in [0.29, 0.717) is 12.0 Å². The lowest BCUT2D eigenvalue weighted by molar-refractivity contribution is -0.0236. The molecule has 116 valence electrons. The molecule has 4 nitrogen and oxygen atoms in total. The first-order valence-corrected chi connectivity index (χ1v) is 7.86. The molecule has 2 atom stereocenters. The maximum Gasteiger partial charge on any atom is 0.122 e. The van der Waals surface area contributed by atoms with Gasteiger partial charge in [0.25, 0.3) is 0 Å². The molecule has 23 heavy (non-hydrogen) atoms. The number of aromatic nitrogens is 1. The van der Waals surface area contributed by atoms with Gasteiger partial charge in [-0.1, -0.05) is 12.1 Å². The Morgan fingerprint density at radius 2 is 2.13 bits per heavy atom. The molecule has 4 heteroatoms. The zero-order valence-electron chi connectivity index (χ0n) is 12.8. The molecule has 0 saturated carbocycles. The summed E-state index contributed by atoms with van der Waals surface area (Å²) >= 11 is 0. The molecule has 3 N–H and O–H groups in total. The van der Waals surface area contributed by atoms with Gasteiger partial charge in [-0.3, -0.25) is 0 Å². The van der Waals surface area contributed by atoms with Crippen molar-refractivity contribution in [1.29, 1.82) is 0 Å². The summed E-state index contributed by atoms with van der Waals surface area (Å²) in [6.45, 7) is 0.